The third-order valence-electron chi connectivity index (χ3n) is 1.34. The van der Waals surface area contributed by atoms with Crippen LogP contribution in [0.5, 0.6) is 0 Å². The van der Waals surface area contributed by atoms with E-state index in [-0.39, 0.29) is 7.43 Å². The second-order valence-corrected chi connectivity index (χ2v) is 4.86. The zero-order valence-electron chi connectivity index (χ0n) is 5.57. The number of rotatable bonds is 3. The molecule has 0 nitrogen and oxygen atoms in total. The minimum atomic E-state index is 0. The third-order valence-corrected chi connectivity index (χ3v) is 4.02. The fourth-order valence-electron chi connectivity index (χ4n) is 0.671. The summed E-state index contributed by atoms with van der Waals surface area (Å²) in [6, 6.07) is 0. The Hall–Kier alpha value is 0.430. The molecule has 0 radical (unpaired) electrons. The molecular formula is C7H19P. The summed E-state index contributed by atoms with van der Waals surface area (Å²) < 4.78 is 0. The SMILES string of the molecule is C.CCP(CC)CC. The molecule has 0 aromatic heterocycles. The van der Waals surface area contributed by atoms with Gasteiger partial charge in [-0.2, -0.15) is 0 Å². The molecule has 0 rings (SSSR count). The van der Waals surface area contributed by atoms with Crippen molar-refractivity contribution in [1.82, 2.24) is 0 Å². The molecule has 0 unspecified atom stereocenters. The third kappa shape index (κ3) is 4.59. The average Bonchev–Trinajstić information content (AvgIpc) is 1.72. The van der Waals surface area contributed by atoms with Crippen molar-refractivity contribution in [1.29, 1.82) is 0 Å². The molecule has 0 fully saturated rings. The highest BCUT2D eigenvalue weighted by Gasteiger charge is 1.94. The van der Waals surface area contributed by atoms with E-state index in [9.17, 15) is 0 Å². The van der Waals surface area contributed by atoms with Gasteiger partial charge in [-0.25, -0.2) is 0 Å². The molecule has 0 bridgehead atoms. The maximum Gasteiger partial charge on any atom is -0.0355 e. The van der Waals surface area contributed by atoms with E-state index in [1.54, 1.807) is 0 Å². The molecule has 0 aliphatic rings. The fourth-order valence-corrected chi connectivity index (χ4v) is 2.01. The van der Waals surface area contributed by atoms with Crippen molar-refractivity contribution < 1.29 is 0 Å². The van der Waals surface area contributed by atoms with Gasteiger partial charge in [-0.1, -0.05) is 28.2 Å². The van der Waals surface area contributed by atoms with Gasteiger partial charge in [-0.05, 0) is 18.5 Å². The van der Waals surface area contributed by atoms with E-state index in [0.717, 1.165) is 0 Å². The van der Waals surface area contributed by atoms with E-state index in [4.69, 9.17) is 0 Å². The molecule has 0 aromatic rings. The Morgan fingerprint density at radius 2 is 1.12 bits per heavy atom. The van der Waals surface area contributed by atoms with E-state index in [1.807, 2.05) is 0 Å². The Morgan fingerprint density at radius 1 is 0.875 bits per heavy atom. The number of hydrogen-bond acceptors (Lipinski definition) is 0. The van der Waals surface area contributed by atoms with E-state index in [0.29, 0.717) is 7.92 Å². The lowest BCUT2D eigenvalue weighted by Crippen LogP contribution is -1.83. The Morgan fingerprint density at radius 3 is 1.12 bits per heavy atom. The van der Waals surface area contributed by atoms with Crippen molar-refractivity contribution in [3.8, 4) is 0 Å². The van der Waals surface area contributed by atoms with Gasteiger partial charge in [0.15, 0.2) is 0 Å². The summed E-state index contributed by atoms with van der Waals surface area (Å²) in [5.74, 6) is 0. The van der Waals surface area contributed by atoms with Gasteiger partial charge < -0.3 is 0 Å². The van der Waals surface area contributed by atoms with E-state index < -0.39 is 0 Å². The highest BCUT2D eigenvalue weighted by atomic mass is 31.1. The lowest BCUT2D eigenvalue weighted by Gasteiger charge is -2.07. The highest BCUT2D eigenvalue weighted by molar-refractivity contribution is 7.57. The van der Waals surface area contributed by atoms with Crippen LogP contribution < -0.4 is 0 Å². The van der Waals surface area contributed by atoms with Crippen molar-refractivity contribution in [2.24, 2.45) is 0 Å². The van der Waals surface area contributed by atoms with Crippen molar-refractivity contribution in [2.75, 3.05) is 18.5 Å². The van der Waals surface area contributed by atoms with Gasteiger partial charge in [0.05, 0.1) is 0 Å². The molecule has 1 heteroatoms. The molecule has 0 aliphatic heterocycles. The zero-order chi connectivity index (χ0) is 5.70. The first-order valence-corrected chi connectivity index (χ1v) is 4.97. The standard InChI is InChI=1S/C6H15P.CH4/c1-4-7(5-2)6-3;/h4-6H2,1-3H3;1H4. The lowest BCUT2D eigenvalue weighted by atomic mass is 10.9. The largest absolute Gasteiger partial charge is 0.108 e. The molecule has 8 heavy (non-hydrogen) atoms. The van der Waals surface area contributed by atoms with Crippen LogP contribution in [0.1, 0.15) is 28.2 Å². The van der Waals surface area contributed by atoms with Crippen molar-refractivity contribution in [2.45, 2.75) is 28.2 Å². The first-order chi connectivity index (χ1) is 3.35. The molecule has 0 heterocycles. The van der Waals surface area contributed by atoms with Gasteiger partial charge in [0.1, 0.15) is 0 Å². The molecule has 0 atom stereocenters. The van der Waals surface area contributed by atoms with Crippen LogP contribution in [0, 0.1) is 0 Å². The molecule has 0 amide bonds. The molecule has 0 spiro atoms. The van der Waals surface area contributed by atoms with Crippen LogP contribution in [0.4, 0.5) is 0 Å². The summed E-state index contributed by atoms with van der Waals surface area (Å²) in [7, 11) is 0.446. The van der Waals surface area contributed by atoms with Gasteiger partial charge in [0, 0.05) is 0 Å². The van der Waals surface area contributed by atoms with Gasteiger partial charge in [0.25, 0.3) is 0 Å². The summed E-state index contributed by atoms with van der Waals surface area (Å²) in [6.07, 6.45) is 4.26. The Kier molecular flexibility index (Phi) is 10.5. The molecule has 0 saturated carbocycles. The van der Waals surface area contributed by atoms with Crippen LogP contribution in [-0.2, 0) is 0 Å². The van der Waals surface area contributed by atoms with Gasteiger partial charge in [-0.15, -0.1) is 7.92 Å². The topological polar surface area (TPSA) is 0 Å². The monoisotopic (exact) mass is 134 g/mol. The first kappa shape index (κ1) is 11.3. The van der Waals surface area contributed by atoms with Crippen LogP contribution >= 0.6 is 7.92 Å². The smallest absolute Gasteiger partial charge is 0.0355 e. The molecule has 0 aromatic carbocycles. The van der Waals surface area contributed by atoms with Gasteiger partial charge >= 0.3 is 0 Å². The maximum absolute atomic E-state index is 2.29. The van der Waals surface area contributed by atoms with Crippen LogP contribution in [0.3, 0.4) is 0 Å². The second-order valence-electron chi connectivity index (χ2n) is 1.62. The van der Waals surface area contributed by atoms with E-state index in [1.165, 1.54) is 18.5 Å². The highest BCUT2D eigenvalue weighted by Crippen LogP contribution is 2.32. The quantitative estimate of drug-likeness (QED) is 0.520. The summed E-state index contributed by atoms with van der Waals surface area (Å²) in [5.41, 5.74) is 0. The Bertz CT molecular complexity index is 25.9. The summed E-state index contributed by atoms with van der Waals surface area (Å²) in [5, 5.41) is 0. The van der Waals surface area contributed by atoms with Crippen molar-refractivity contribution in [3.63, 3.8) is 0 Å². The molecular weight excluding hydrogens is 115 g/mol. The van der Waals surface area contributed by atoms with Crippen LogP contribution in [-0.4, -0.2) is 18.5 Å². The van der Waals surface area contributed by atoms with Crippen LogP contribution in [0.25, 0.3) is 0 Å². The maximum atomic E-state index is 2.29. The summed E-state index contributed by atoms with van der Waals surface area (Å²) in [6.45, 7) is 6.87. The fraction of sp³-hybridized carbons (Fsp3) is 1.00. The summed E-state index contributed by atoms with van der Waals surface area (Å²) >= 11 is 0. The predicted octanol–water partition coefficient (Wildman–Crippen LogP) is 3.16. The zero-order valence-corrected chi connectivity index (χ0v) is 6.46. The van der Waals surface area contributed by atoms with Crippen LogP contribution in [0.15, 0.2) is 0 Å². The van der Waals surface area contributed by atoms with Gasteiger partial charge in [-0.3, -0.25) is 0 Å². The first-order valence-electron chi connectivity index (χ1n) is 3.07. The normalized spacial score (nSPS) is 9.00. The average molecular weight is 134 g/mol. The predicted molar refractivity (Wildman–Crippen MR) is 45.3 cm³/mol. The van der Waals surface area contributed by atoms with Gasteiger partial charge in [0.2, 0.25) is 0 Å². The second kappa shape index (κ2) is 7.43. The number of hydrogen-bond donors (Lipinski definition) is 0. The Labute approximate surface area is 55.4 Å². The lowest BCUT2D eigenvalue weighted by molar-refractivity contribution is 1.35. The molecule has 0 aliphatic carbocycles. The summed E-state index contributed by atoms with van der Waals surface area (Å²) in [4.78, 5) is 0. The minimum absolute atomic E-state index is 0. The Balaban J connectivity index is 0. The van der Waals surface area contributed by atoms with E-state index in [2.05, 4.69) is 20.8 Å². The molecule has 0 N–H and O–H groups in total. The van der Waals surface area contributed by atoms with Crippen molar-refractivity contribution in [3.05, 3.63) is 0 Å². The van der Waals surface area contributed by atoms with E-state index >= 15 is 0 Å². The molecule has 52 valence electrons. The molecule has 0 saturated heterocycles. The van der Waals surface area contributed by atoms with Crippen molar-refractivity contribution >= 4 is 7.92 Å². The van der Waals surface area contributed by atoms with Crippen LogP contribution in [0.2, 0.25) is 0 Å². The minimum Gasteiger partial charge on any atom is -0.108 e.